The van der Waals surface area contributed by atoms with Crippen LogP contribution in [0, 0.1) is 6.92 Å². The first-order chi connectivity index (χ1) is 9.34. The highest BCUT2D eigenvalue weighted by atomic mass is 35.5. The van der Waals surface area contributed by atoms with Crippen molar-refractivity contribution in [2.24, 2.45) is 0 Å². The van der Waals surface area contributed by atoms with Gasteiger partial charge in [-0.2, -0.15) is 13.2 Å². The summed E-state index contributed by atoms with van der Waals surface area (Å²) in [5.74, 6) is -0.0281. The van der Waals surface area contributed by atoms with E-state index in [0.29, 0.717) is 5.69 Å². The molecule has 0 saturated carbocycles. The van der Waals surface area contributed by atoms with E-state index in [2.05, 4.69) is 25.3 Å². The van der Waals surface area contributed by atoms with E-state index in [4.69, 9.17) is 11.6 Å². The van der Waals surface area contributed by atoms with Crippen LogP contribution in [0.1, 0.15) is 17.1 Å². The fraction of sp³-hybridized carbons (Fsp3) is 0.273. The van der Waals surface area contributed by atoms with Crippen LogP contribution in [0.15, 0.2) is 18.5 Å². The fourth-order valence-electron chi connectivity index (χ4n) is 1.35. The number of hydrogen-bond donors (Lipinski definition) is 1. The van der Waals surface area contributed by atoms with Gasteiger partial charge in [0.2, 0.25) is 5.28 Å². The molecule has 0 aromatic carbocycles. The molecule has 0 aliphatic heterocycles. The maximum atomic E-state index is 12.6. The van der Waals surface area contributed by atoms with E-state index in [1.165, 1.54) is 6.20 Å². The van der Waals surface area contributed by atoms with Crippen LogP contribution in [0.25, 0.3) is 0 Å². The Labute approximate surface area is 117 Å². The van der Waals surface area contributed by atoms with Gasteiger partial charge in [-0.15, -0.1) is 0 Å². The second-order valence-corrected chi connectivity index (χ2v) is 4.25. The number of rotatable bonds is 3. The van der Waals surface area contributed by atoms with Gasteiger partial charge in [-0.1, -0.05) is 0 Å². The zero-order chi connectivity index (χ0) is 14.8. The number of anilines is 1. The Hall–Kier alpha value is -1.96. The number of aromatic nitrogens is 4. The molecular formula is C11H9ClF3N5. The minimum Gasteiger partial charge on any atom is -0.364 e. The molecule has 1 N–H and O–H groups in total. The molecule has 0 radical (unpaired) electrons. The van der Waals surface area contributed by atoms with Gasteiger partial charge in [0.1, 0.15) is 5.82 Å². The Morgan fingerprint density at radius 1 is 1.20 bits per heavy atom. The maximum Gasteiger partial charge on any atom is 0.433 e. The standard InChI is InChI=1S/C11H9ClF3N5/c1-6-3-17-7(4-16-6)5-18-9-2-8(11(13,14)15)19-10(12)20-9/h2-4H,5H2,1H3,(H,18,19,20). The van der Waals surface area contributed by atoms with Crippen molar-refractivity contribution < 1.29 is 13.2 Å². The van der Waals surface area contributed by atoms with Gasteiger partial charge in [0, 0.05) is 12.3 Å². The van der Waals surface area contributed by atoms with E-state index in [1.807, 2.05) is 0 Å². The average Bonchev–Trinajstić information content (AvgIpc) is 2.36. The van der Waals surface area contributed by atoms with Crippen molar-refractivity contribution >= 4 is 17.4 Å². The fourth-order valence-corrected chi connectivity index (χ4v) is 1.53. The first kappa shape index (κ1) is 14.4. The zero-order valence-electron chi connectivity index (χ0n) is 10.2. The van der Waals surface area contributed by atoms with Crippen molar-refractivity contribution in [3.63, 3.8) is 0 Å². The summed E-state index contributed by atoms with van der Waals surface area (Å²) < 4.78 is 37.7. The van der Waals surface area contributed by atoms with Crippen LogP contribution in [-0.2, 0) is 12.7 Å². The summed E-state index contributed by atoms with van der Waals surface area (Å²) in [7, 11) is 0. The van der Waals surface area contributed by atoms with Gasteiger partial charge in [0.05, 0.1) is 24.1 Å². The number of aryl methyl sites for hydroxylation is 1. The topological polar surface area (TPSA) is 63.6 Å². The summed E-state index contributed by atoms with van der Waals surface area (Å²) in [4.78, 5) is 14.9. The zero-order valence-corrected chi connectivity index (χ0v) is 11.0. The average molecular weight is 304 g/mol. The summed E-state index contributed by atoms with van der Waals surface area (Å²) in [6, 6.07) is 0.785. The molecule has 0 aliphatic carbocycles. The third-order valence-electron chi connectivity index (χ3n) is 2.27. The first-order valence-electron chi connectivity index (χ1n) is 5.48. The molecule has 2 aromatic rings. The monoisotopic (exact) mass is 303 g/mol. The molecule has 0 unspecified atom stereocenters. The number of halogens is 4. The molecule has 0 spiro atoms. The summed E-state index contributed by atoms with van der Waals surface area (Å²) in [5.41, 5.74) is 0.215. The molecule has 2 heterocycles. The molecule has 9 heteroatoms. The number of nitrogens with zero attached hydrogens (tertiary/aromatic N) is 4. The first-order valence-corrected chi connectivity index (χ1v) is 5.85. The van der Waals surface area contributed by atoms with E-state index in [9.17, 15) is 13.2 Å². The molecular weight excluding hydrogens is 295 g/mol. The van der Waals surface area contributed by atoms with E-state index >= 15 is 0 Å². The molecule has 0 saturated heterocycles. The normalized spacial score (nSPS) is 11.4. The van der Waals surface area contributed by atoms with Crippen LogP contribution in [0.3, 0.4) is 0 Å². The van der Waals surface area contributed by atoms with Crippen molar-refractivity contribution in [3.05, 3.63) is 40.8 Å². The van der Waals surface area contributed by atoms with Crippen LogP contribution in [0.5, 0.6) is 0 Å². The van der Waals surface area contributed by atoms with Crippen molar-refractivity contribution in [1.29, 1.82) is 0 Å². The second kappa shape index (κ2) is 5.58. The third-order valence-corrected chi connectivity index (χ3v) is 2.44. The Morgan fingerprint density at radius 2 is 1.95 bits per heavy atom. The smallest absolute Gasteiger partial charge is 0.364 e. The van der Waals surface area contributed by atoms with Gasteiger partial charge >= 0.3 is 6.18 Å². The van der Waals surface area contributed by atoms with Gasteiger partial charge in [0.15, 0.2) is 5.69 Å². The molecule has 0 bridgehead atoms. The molecule has 5 nitrogen and oxygen atoms in total. The third kappa shape index (κ3) is 3.77. The molecule has 0 aliphatic rings. The summed E-state index contributed by atoms with van der Waals surface area (Å²) >= 11 is 5.47. The van der Waals surface area contributed by atoms with E-state index in [-0.39, 0.29) is 12.4 Å². The number of nitrogens with one attached hydrogen (secondary N) is 1. The van der Waals surface area contributed by atoms with Gasteiger partial charge < -0.3 is 5.32 Å². The largest absolute Gasteiger partial charge is 0.433 e. The minimum absolute atomic E-state index is 0.0281. The summed E-state index contributed by atoms with van der Waals surface area (Å²) in [6.07, 6.45) is -1.49. The molecule has 0 fully saturated rings. The van der Waals surface area contributed by atoms with E-state index < -0.39 is 17.2 Å². The number of alkyl halides is 3. The molecule has 20 heavy (non-hydrogen) atoms. The lowest BCUT2D eigenvalue weighted by molar-refractivity contribution is -0.141. The molecule has 106 valence electrons. The van der Waals surface area contributed by atoms with Crippen molar-refractivity contribution in [2.45, 2.75) is 19.6 Å². The van der Waals surface area contributed by atoms with Gasteiger partial charge in [-0.05, 0) is 18.5 Å². The Balaban J connectivity index is 2.13. The minimum atomic E-state index is -4.58. The highest BCUT2D eigenvalue weighted by Gasteiger charge is 2.33. The van der Waals surface area contributed by atoms with Gasteiger partial charge in [-0.25, -0.2) is 9.97 Å². The van der Waals surface area contributed by atoms with Crippen LogP contribution in [0.2, 0.25) is 5.28 Å². The van der Waals surface area contributed by atoms with Crippen LogP contribution < -0.4 is 5.32 Å². The molecule has 2 aromatic heterocycles. The predicted molar refractivity (Wildman–Crippen MR) is 66.1 cm³/mol. The summed E-state index contributed by atoms with van der Waals surface area (Å²) in [6.45, 7) is 1.96. The lowest BCUT2D eigenvalue weighted by Gasteiger charge is -2.09. The highest BCUT2D eigenvalue weighted by molar-refractivity contribution is 6.28. The molecule has 0 atom stereocenters. The molecule has 0 amide bonds. The van der Waals surface area contributed by atoms with E-state index in [0.717, 1.165) is 11.8 Å². The quantitative estimate of drug-likeness (QED) is 0.883. The Kier molecular flexibility index (Phi) is 4.03. The highest BCUT2D eigenvalue weighted by Crippen LogP contribution is 2.29. The Bertz CT molecular complexity index is 600. The molecule has 2 rings (SSSR count). The maximum absolute atomic E-state index is 12.6. The predicted octanol–water partition coefficient (Wildman–Crippen LogP) is 2.86. The lowest BCUT2D eigenvalue weighted by atomic mass is 10.3. The van der Waals surface area contributed by atoms with E-state index in [1.54, 1.807) is 13.1 Å². The van der Waals surface area contributed by atoms with Crippen molar-refractivity contribution in [1.82, 2.24) is 19.9 Å². The van der Waals surface area contributed by atoms with Crippen LogP contribution in [-0.4, -0.2) is 19.9 Å². The van der Waals surface area contributed by atoms with Crippen LogP contribution >= 0.6 is 11.6 Å². The number of hydrogen-bond acceptors (Lipinski definition) is 5. The van der Waals surface area contributed by atoms with Crippen LogP contribution in [0.4, 0.5) is 19.0 Å². The lowest BCUT2D eigenvalue weighted by Crippen LogP contribution is -2.11. The summed E-state index contributed by atoms with van der Waals surface area (Å²) in [5, 5.41) is 2.22. The van der Waals surface area contributed by atoms with Crippen molar-refractivity contribution in [2.75, 3.05) is 5.32 Å². The van der Waals surface area contributed by atoms with Gasteiger partial charge in [-0.3, -0.25) is 9.97 Å². The second-order valence-electron chi connectivity index (χ2n) is 3.91. The van der Waals surface area contributed by atoms with Gasteiger partial charge in [0.25, 0.3) is 0 Å². The van der Waals surface area contributed by atoms with Crippen molar-refractivity contribution in [3.8, 4) is 0 Å². The SMILES string of the molecule is Cc1cnc(CNc2cc(C(F)(F)F)nc(Cl)n2)cn1. The Morgan fingerprint density at radius 3 is 2.55 bits per heavy atom.